The molecule has 0 bridgehead atoms. The van der Waals surface area contributed by atoms with Crippen LogP contribution in [0.25, 0.3) is 0 Å². The quantitative estimate of drug-likeness (QED) is 0.355. The van der Waals surface area contributed by atoms with Crippen molar-refractivity contribution >= 4 is 11.8 Å². The predicted molar refractivity (Wildman–Crippen MR) is 153 cm³/mol. The van der Waals surface area contributed by atoms with Crippen LogP contribution in [0, 0.1) is 19.8 Å². The van der Waals surface area contributed by atoms with E-state index in [4.69, 9.17) is 9.47 Å². The summed E-state index contributed by atoms with van der Waals surface area (Å²) in [6, 6.07) is 15.2. The summed E-state index contributed by atoms with van der Waals surface area (Å²) < 4.78 is 11.9. The molecule has 1 aliphatic heterocycles. The van der Waals surface area contributed by atoms with Crippen LogP contribution in [0.4, 0.5) is 0 Å². The molecule has 1 aliphatic carbocycles. The van der Waals surface area contributed by atoms with Crippen LogP contribution in [-0.4, -0.2) is 59.5 Å². The van der Waals surface area contributed by atoms with Crippen molar-refractivity contribution < 1.29 is 19.1 Å². The van der Waals surface area contributed by atoms with Crippen molar-refractivity contribution in [2.45, 2.75) is 64.0 Å². The van der Waals surface area contributed by atoms with Gasteiger partial charge in [-0.2, -0.15) is 0 Å². The lowest BCUT2D eigenvalue weighted by Crippen LogP contribution is -2.66. The minimum absolute atomic E-state index is 0.0865. The van der Waals surface area contributed by atoms with E-state index in [9.17, 15) is 9.59 Å². The van der Waals surface area contributed by atoms with E-state index in [2.05, 4.69) is 34.3 Å². The molecule has 1 aromatic heterocycles. The van der Waals surface area contributed by atoms with Gasteiger partial charge in [-0.05, 0) is 61.4 Å². The van der Waals surface area contributed by atoms with Crippen molar-refractivity contribution in [2.24, 2.45) is 5.92 Å². The number of aromatic amines is 1. The van der Waals surface area contributed by atoms with Crippen molar-refractivity contribution in [3.05, 3.63) is 82.9 Å². The fraction of sp³-hybridized carbons (Fsp3) is 0.469. The number of aryl methyl sites for hydroxylation is 3. The maximum absolute atomic E-state index is 13.9. The third-order valence-corrected chi connectivity index (χ3v) is 8.42. The topological polar surface area (TPSA) is 96.5 Å². The van der Waals surface area contributed by atoms with Gasteiger partial charge in [-0.15, -0.1) is 0 Å². The van der Waals surface area contributed by atoms with E-state index in [1.54, 1.807) is 13.4 Å². The maximum atomic E-state index is 13.9. The van der Waals surface area contributed by atoms with Crippen LogP contribution in [0.1, 0.15) is 53.8 Å². The number of carbonyl (C=O) groups excluding carboxylic acids is 2. The second-order valence-electron chi connectivity index (χ2n) is 11.3. The molecule has 8 heteroatoms. The lowest BCUT2D eigenvalue weighted by Gasteiger charge is -2.52. The van der Waals surface area contributed by atoms with Gasteiger partial charge in [0.1, 0.15) is 17.4 Å². The second-order valence-corrected chi connectivity index (χ2v) is 11.3. The molecule has 2 aliphatic rings. The highest BCUT2D eigenvalue weighted by Gasteiger charge is 2.50. The number of H-pyrrole nitrogens is 1. The summed E-state index contributed by atoms with van der Waals surface area (Å²) in [6.07, 6.45) is 6.49. The maximum Gasteiger partial charge on any atom is 0.245 e. The van der Waals surface area contributed by atoms with E-state index in [1.807, 2.05) is 48.2 Å². The third kappa shape index (κ3) is 6.22. The number of likely N-dealkylation sites (tertiary alicyclic amines) is 1. The number of nitrogens with zero attached hydrogens (tertiary/aromatic N) is 2. The van der Waals surface area contributed by atoms with Gasteiger partial charge in [0.25, 0.3) is 0 Å². The first-order valence-corrected chi connectivity index (χ1v) is 14.3. The van der Waals surface area contributed by atoms with Crippen LogP contribution in [-0.2, 0) is 32.8 Å². The number of hydrogen-bond donors (Lipinski definition) is 2. The first-order valence-electron chi connectivity index (χ1n) is 14.3. The first kappa shape index (κ1) is 27.9. The third-order valence-electron chi connectivity index (χ3n) is 8.42. The minimum Gasteiger partial charge on any atom is -0.497 e. The lowest BCUT2D eigenvalue weighted by atomic mass is 9.81. The Balaban J connectivity index is 1.30. The molecule has 40 heavy (non-hydrogen) atoms. The zero-order valence-electron chi connectivity index (χ0n) is 23.7. The number of aromatic nitrogens is 2. The minimum atomic E-state index is -0.678. The Labute approximate surface area is 236 Å². The average molecular weight is 545 g/mol. The number of nitrogens with one attached hydrogen (secondary N) is 2. The molecular formula is C32H40N4O4. The van der Waals surface area contributed by atoms with Crippen LogP contribution in [0.5, 0.6) is 5.75 Å². The van der Waals surface area contributed by atoms with E-state index in [0.717, 1.165) is 34.9 Å². The Kier molecular flexibility index (Phi) is 8.54. The highest BCUT2D eigenvalue weighted by atomic mass is 16.5. The molecule has 3 aromatic rings. The van der Waals surface area contributed by atoms with Gasteiger partial charge < -0.3 is 24.7 Å². The highest BCUT2D eigenvalue weighted by Crippen LogP contribution is 2.40. The molecule has 1 saturated carbocycles. The fourth-order valence-electron chi connectivity index (χ4n) is 5.64. The van der Waals surface area contributed by atoms with Gasteiger partial charge in [-0.25, -0.2) is 4.98 Å². The molecule has 0 spiro atoms. The zero-order valence-corrected chi connectivity index (χ0v) is 23.7. The first-order chi connectivity index (χ1) is 19.4. The van der Waals surface area contributed by atoms with E-state index >= 15 is 0 Å². The zero-order chi connectivity index (χ0) is 28.1. The summed E-state index contributed by atoms with van der Waals surface area (Å²) >= 11 is 0. The van der Waals surface area contributed by atoms with E-state index in [1.165, 1.54) is 24.8 Å². The summed E-state index contributed by atoms with van der Waals surface area (Å²) in [5.74, 6) is 1.10. The van der Waals surface area contributed by atoms with Crippen molar-refractivity contribution in [1.82, 2.24) is 20.2 Å². The predicted octanol–water partition coefficient (Wildman–Crippen LogP) is 4.25. The molecular weight excluding hydrogens is 504 g/mol. The van der Waals surface area contributed by atoms with Crippen LogP contribution in [0.15, 0.2) is 54.9 Å². The fourth-order valence-corrected chi connectivity index (χ4v) is 5.64. The number of ether oxygens (including phenoxy) is 2. The molecule has 5 rings (SSSR count). The van der Waals surface area contributed by atoms with E-state index in [0.29, 0.717) is 31.8 Å². The Hall–Kier alpha value is -3.65. The Morgan fingerprint density at radius 2 is 1.88 bits per heavy atom. The van der Waals surface area contributed by atoms with Gasteiger partial charge in [0.05, 0.1) is 38.8 Å². The number of rotatable bonds is 12. The molecule has 2 amide bonds. The summed E-state index contributed by atoms with van der Waals surface area (Å²) in [7, 11) is 1.63. The average Bonchev–Trinajstić information content (AvgIpc) is 3.32. The number of methoxy groups -OCH3 is 1. The summed E-state index contributed by atoms with van der Waals surface area (Å²) in [5.41, 5.74) is 4.57. The van der Waals surface area contributed by atoms with Gasteiger partial charge >= 0.3 is 0 Å². The van der Waals surface area contributed by atoms with Crippen molar-refractivity contribution in [1.29, 1.82) is 0 Å². The van der Waals surface area contributed by atoms with E-state index in [-0.39, 0.29) is 18.2 Å². The van der Waals surface area contributed by atoms with Gasteiger partial charge in [0, 0.05) is 25.0 Å². The molecule has 212 valence electrons. The number of imidazole rings is 1. The van der Waals surface area contributed by atoms with Crippen LogP contribution < -0.4 is 10.1 Å². The van der Waals surface area contributed by atoms with Gasteiger partial charge in [0.2, 0.25) is 11.8 Å². The number of carbonyl (C=O) groups is 2. The normalized spacial score (nSPS) is 17.0. The molecule has 0 radical (unpaired) electrons. The van der Waals surface area contributed by atoms with Crippen molar-refractivity contribution in [3.63, 3.8) is 0 Å². The van der Waals surface area contributed by atoms with Crippen LogP contribution >= 0.6 is 0 Å². The Bertz CT molecular complexity index is 1310. The van der Waals surface area contributed by atoms with Crippen LogP contribution in [0.2, 0.25) is 0 Å². The number of amides is 2. The lowest BCUT2D eigenvalue weighted by molar-refractivity contribution is -0.181. The smallest absolute Gasteiger partial charge is 0.245 e. The van der Waals surface area contributed by atoms with Crippen LogP contribution in [0.3, 0.4) is 0 Å². The van der Waals surface area contributed by atoms with Crippen molar-refractivity contribution in [2.75, 3.05) is 26.8 Å². The molecule has 2 fully saturated rings. The van der Waals surface area contributed by atoms with Gasteiger partial charge in [-0.3, -0.25) is 9.59 Å². The highest BCUT2D eigenvalue weighted by molar-refractivity contribution is 5.88. The monoisotopic (exact) mass is 544 g/mol. The summed E-state index contributed by atoms with van der Waals surface area (Å²) in [4.78, 5) is 36.1. The summed E-state index contributed by atoms with van der Waals surface area (Å²) in [5, 5.41) is 3.03. The number of benzene rings is 2. The van der Waals surface area contributed by atoms with Crippen molar-refractivity contribution in [3.8, 4) is 5.75 Å². The standard InChI is InChI=1S/C32H40N4O4/c1-22-7-4-5-10-27(22)32(40-18-25-8-6-9-25)19-36(20-32)31(38)29(17-24-11-13-26(39-3)14-12-24)35-30(37)16-15-28-23(2)33-21-34-28/h4-5,7,10-14,21,25,29H,6,8-9,15-20H2,1-3H3,(H,33,34)(H,35,37). The number of hydrogen-bond acceptors (Lipinski definition) is 5. The summed E-state index contributed by atoms with van der Waals surface area (Å²) in [6.45, 7) is 5.71. The molecule has 1 saturated heterocycles. The molecule has 1 unspecified atom stereocenters. The largest absolute Gasteiger partial charge is 0.497 e. The Morgan fingerprint density at radius 1 is 1.12 bits per heavy atom. The molecule has 2 aromatic carbocycles. The molecule has 1 atom stereocenters. The van der Waals surface area contributed by atoms with Gasteiger partial charge in [-0.1, -0.05) is 42.8 Å². The molecule has 2 heterocycles. The van der Waals surface area contributed by atoms with Gasteiger partial charge in [0.15, 0.2) is 0 Å². The Morgan fingerprint density at radius 3 is 2.50 bits per heavy atom. The second kappa shape index (κ2) is 12.3. The van der Waals surface area contributed by atoms with E-state index < -0.39 is 11.6 Å². The SMILES string of the molecule is COc1ccc(CC(NC(=O)CCc2nc[nH]c2C)C(=O)N2CC(OCC3CCC3)(c3ccccc3C)C2)cc1. The molecule has 8 nitrogen and oxygen atoms in total. The molecule has 2 N–H and O–H groups in total.